The van der Waals surface area contributed by atoms with E-state index in [2.05, 4.69) is 10.1 Å². The number of rotatable bonds is 2. The highest BCUT2D eigenvalue weighted by molar-refractivity contribution is 6.33. The number of hydrogen-bond acceptors (Lipinski definition) is 5. The van der Waals surface area contributed by atoms with Crippen molar-refractivity contribution in [2.75, 3.05) is 12.3 Å². The summed E-state index contributed by atoms with van der Waals surface area (Å²) >= 11 is 6.13. The van der Waals surface area contributed by atoms with E-state index in [1.165, 1.54) is 0 Å². The zero-order valence-electron chi connectivity index (χ0n) is 10.5. The lowest BCUT2D eigenvalue weighted by Gasteiger charge is -2.17. The number of nitrogens with zero attached hydrogens (tertiary/aromatic N) is 2. The number of benzene rings is 1. The van der Waals surface area contributed by atoms with Crippen LogP contribution in [-0.4, -0.2) is 16.7 Å². The molecule has 0 bridgehead atoms. The van der Waals surface area contributed by atoms with Crippen molar-refractivity contribution in [3.05, 3.63) is 29.0 Å². The highest BCUT2D eigenvalue weighted by atomic mass is 35.5. The van der Waals surface area contributed by atoms with Crippen molar-refractivity contribution in [2.24, 2.45) is 0 Å². The first-order chi connectivity index (χ1) is 9.08. The predicted molar refractivity (Wildman–Crippen MR) is 71.7 cm³/mol. The van der Waals surface area contributed by atoms with Crippen molar-refractivity contribution >= 4 is 17.3 Å². The average Bonchev–Trinajstić information content (AvgIpc) is 2.99. The standard InChI is InChI=1S/C13H14ClN3O2/c1-13(5-2-6-18-13)12-16-11(19-17-12)9-4-3-8(15)7-10(9)14/h3-4,7H,2,5-6,15H2,1H3. The molecule has 1 fully saturated rings. The van der Waals surface area contributed by atoms with Gasteiger partial charge < -0.3 is 15.0 Å². The third kappa shape index (κ3) is 2.19. The van der Waals surface area contributed by atoms with Gasteiger partial charge in [-0.2, -0.15) is 4.98 Å². The van der Waals surface area contributed by atoms with Crippen LogP contribution in [0.25, 0.3) is 11.5 Å². The minimum absolute atomic E-state index is 0.386. The lowest BCUT2D eigenvalue weighted by Crippen LogP contribution is -2.21. The van der Waals surface area contributed by atoms with E-state index in [9.17, 15) is 0 Å². The molecule has 1 unspecified atom stereocenters. The van der Waals surface area contributed by atoms with Gasteiger partial charge in [0.25, 0.3) is 5.89 Å². The Hall–Kier alpha value is -1.59. The summed E-state index contributed by atoms with van der Waals surface area (Å²) in [5.41, 5.74) is 6.48. The third-order valence-corrected chi connectivity index (χ3v) is 3.65. The monoisotopic (exact) mass is 279 g/mol. The molecule has 0 amide bonds. The molecule has 2 N–H and O–H groups in total. The normalized spacial score (nSPS) is 22.8. The molecule has 100 valence electrons. The largest absolute Gasteiger partial charge is 0.399 e. The van der Waals surface area contributed by atoms with Gasteiger partial charge in [-0.3, -0.25) is 0 Å². The van der Waals surface area contributed by atoms with Gasteiger partial charge in [-0.05, 0) is 38.0 Å². The van der Waals surface area contributed by atoms with Crippen molar-refractivity contribution in [2.45, 2.75) is 25.4 Å². The van der Waals surface area contributed by atoms with Crippen LogP contribution < -0.4 is 5.73 Å². The van der Waals surface area contributed by atoms with Crippen LogP contribution in [0.5, 0.6) is 0 Å². The maximum Gasteiger partial charge on any atom is 0.259 e. The molecule has 6 heteroatoms. The quantitative estimate of drug-likeness (QED) is 0.856. The summed E-state index contributed by atoms with van der Waals surface area (Å²) in [5, 5.41) is 4.50. The minimum Gasteiger partial charge on any atom is -0.399 e. The molecule has 1 aromatic heterocycles. The van der Waals surface area contributed by atoms with E-state index in [0.717, 1.165) is 19.4 Å². The van der Waals surface area contributed by atoms with E-state index in [4.69, 9.17) is 26.6 Å². The molecule has 5 nitrogen and oxygen atoms in total. The van der Waals surface area contributed by atoms with Gasteiger partial charge in [0.05, 0.1) is 10.6 Å². The van der Waals surface area contributed by atoms with Crippen molar-refractivity contribution in [1.82, 2.24) is 10.1 Å². The van der Waals surface area contributed by atoms with E-state index in [1.54, 1.807) is 18.2 Å². The Bertz CT molecular complexity index is 606. The van der Waals surface area contributed by atoms with Crippen molar-refractivity contribution in [3.63, 3.8) is 0 Å². The molecule has 0 spiro atoms. The van der Waals surface area contributed by atoms with Crippen LogP contribution in [0.2, 0.25) is 5.02 Å². The maximum absolute atomic E-state index is 6.13. The molecule has 1 atom stereocenters. The predicted octanol–water partition coefficient (Wildman–Crippen LogP) is 3.00. The summed E-state index contributed by atoms with van der Waals surface area (Å²) in [6, 6.07) is 5.18. The van der Waals surface area contributed by atoms with Gasteiger partial charge in [0.2, 0.25) is 5.82 Å². The second-order valence-electron chi connectivity index (χ2n) is 4.85. The molecule has 0 aliphatic carbocycles. The molecular weight excluding hydrogens is 266 g/mol. The third-order valence-electron chi connectivity index (χ3n) is 3.34. The number of hydrogen-bond donors (Lipinski definition) is 1. The zero-order valence-corrected chi connectivity index (χ0v) is 11.3. The molecule has 1 aliphatic heterocycles. The van der Waals surface area contributed by atoms with E-state index < -0.39 is 5.60 Å². The fraction of sp³-hybridized carbons (Fsp3) is 0.385. The van der Waals surface area contributed by atoms with Crippen LogP contribution in [0.4, 0.5) is 5.69 Å². The van der Waals surface area contributed by atoms with Crippen molar-refractivity contribution in [3.8, 4) is 11.5 Å². The highest BCUT2D eigenvalue weighted by Crippen LogP contribution is 2.35. The number of aromatic nitrogens is 2. The van der Waals surface area contributed by atoms with Crippen LogP contribution >= 0.6 is 11.6 Å². The lowest BCUT2D eigenvalue weighted by molar-refractivity contribution is 0.00768. The molecule has 2 heterocycles. The van der Waals surface area contributed by atoms with Crippen LogP contribution in [0.15, 0.2) is 22.7 Å². The fourth-order valence-electron chi connectivity index (χ4n) is 2.21. The number of nitrogens with two attached hydrogens (primary N) is 1. The summed E-state index contributed by atoms with van der Waals surface area (Å²) in [5.74, 6) is 0.949. The first-order valence-electron chi connectivity index (χ1n) is 6.12. The molecule has 19 heavy (non-hydrogen) atoms. The number of ether oxygens (including phenoxy) is 1. The first kappa shape index (κ1) is 12.4. The molecular formula is C13H14ClN3O2. The Morgan fingerprint density at radius 3 is 2.95 bits per heavy atom. The molecule has 2 aromatic rings. The molecule has 1 saturated heterocycles. The molecule has 1 aliphatic rings. The van der Waals surface area contributed by atoms with Crippen LogP contribution in [0.1, 0.15) is 25.6 Å². The van der Waals surface area contributed by atoms with Gasteiger partial charge in [0.15, 0.2) is 0 Å². The molecule has 0 radical (unpaired) electrons. The summed E-state index contributed by atoms with van der Waals surface area (Å²) in [7, 11) is 0. The average molecular weight is 280 g/mol. The topological polar surface area (TPSA) is 74.2 Å². The van der Waals surface area contributed by atoms with E-state index in [-0.39, 0.29) is 0 Å². The SMILES string of the molecule is CC1(c2noc(-c3ccc(N)cc3Cl)n2)CCCO1. The van der Waals surface area contributed by atoms with Crippen LogP contribution in [0, 0.1) is 0 Å². The van der Waals surface area contributed by atoms with Crippen molar-refractivity contribution < 1.29 is 9.26 Å². The van der Waals surface area contributed by atoms with Gasteiger partial charge >= 0.3 is 0 Å². The van der Waals surface area contributed by atoms with E-state index >= 15 is 0 Å². The first-order valence-corrected chi connectivity index (χ1v) is 6.50. The number of nitrogen functional groups attached to an aromatic ring is 1. The number of anilines is 1. The highest BCUT2D eigenvalue weighted by Gasteiger charge is 2.36. The Labute approximate surface area is 115 Å². The van der Waals surface area contributed by atoms with E-state index in [0.29, 0.717) is 28.0 Å². The molecule has 0 saturated carbocycles. The number of halogens is 1. The van der Waals surface area contributed by atoms with E-state index in [1.807, 2.05) is 6.92 Å². The fourth-order valence-corrected chi connectivity index (χ4v) is 2.48. The van der Waals surface area contributed by atoms with Gasteiger partial charge in [-0.25, -0.2) is 0 Å². The van der Waals surface area contributed by atoms with Crippen LogP contribution in [0.3, 0.4) is 0 Å². The van der Waals surface area contributed by atoms with Crippen LogP contribution in [-0.2, 0) is 10.3 Å². The Balaban J connectivity index is 1.97. The zero-order chi connectivity index (χ0) is 13.5. The van der Waals surface area contributed by atoms with Gasteiger partial charge in [-0.1, -0.05) is 16.8 Å². The summed E-state index contributed by atoms with van der Waals surface area (Å²) in [6.45, 7) is 2.70. The summed E-state index contributed by atoms with van der Waals surface area (Å²) in [6.07, 6.45) is 1.89. The Morgan fingerprint density at radius 2 is 2.26 bits per heavy atom. The molecule has 1 aromatic carbocycles. The van der Waals surface area contributed by atoms with Gasteiger partial charge in [-0.15, -0.1) is 0 Å². The maximum atomic E-state index is 6.13. The second-order valence-corrected chi connectivity index (χ2v) is 5.25. The van der Waals surface area contributed by atoms with Gasteiger partial charge in [0.1, 0.15) is 5.60 Å². The Morgan fingerprint density at radius 1 is 1.42 bits per heavy atom. The molecule has 3 rings (SSSR count). The second kappa shape index (κ2) is 4.51. The summed E-state index contributed by atoms with van der Waals surface area (Å²) in [4.78, 5) is 4.40. The summed E-state index contributed by atoms with van der Waals surface area (Å²) < 4.78 is 11.0. The van der Waals surface area contributed by atoms with Gasteiger partial charge in [0, 0.05) is 12.3 Å². The Kier molecular flexibility index (Phi) is 2.95. The van der Waals surface area contributed by atoms with Crippen molar-refractivity contribution in [1.29, 1.82) is 0 Å². The smallest absolute Gasteiger partial charge is 0.259 e. The lowest BCUT2D eigenvalue weighted by atomic mass is 10.0. The minimum atomic E-state index is -0.456.